The summed E-state index contributed by atoms with van der Waals surface area (Å²) in [6, 6.07) is 24.9. The van der Waals surface area contributed by atoms with E-state index < -0.39 is 0 Å². The number of para-hydroxylation sites is 1. The molecule has 0 atom stereocenters. The van der Waals surface area contributed by atoms with E-state index in [0.717, 1.165) is 27.7 Å². The van der Waals surface area contributed by atoms with Gasteiger partial charge in [-0.05, 0) is 60.9 Å². The van der Waals surface area contributed by atoms with Gasteiger partial charge < -0.3 is 4.74 Å². The Labute approximate surface area is 177 Å². The van der Waals surface area contributed by atoms with Crippen molar-refractivity contribution in [3.63, 3.8) is 0 Å². The molecule has 0 aliphatic carbocycles. The zero-order valence-electron chi connectivity index (χ0n) is 15.7. The zero-order valence-corrected chi connectivity index (χ0v) is 17.3. The summed E-state index contributed by atoms with van der Waals surface area (Å²) in [6.45, 7) is 0. The maximum Gasteiger partial charge on any atom is 0.257 e. The standard InChI is InChI=1S/C23H18N2O2S2/c1-28-20-9-5-6-17(14-20)22(26)25-23-24-21(15-29-23)16-10-12-19(13-11-16)27-18-7-3-2-4-8-18/h2-15H,1H3,(H,24,25,26). The number of ether oxygens (including phenoxy) is 1. The van der Waals surface area contributed by atoms with Crippen molar-refractivity contribution in [1.29, 1.82) is 0 Å². The Morgan fingerprint density at radius 1 is 0.966 bits per heavy atom. The summed E-state index contributed by atoms with van der Waals surface area (Å²) in [7, 11) is 0. The molecule has 4 nitrogen and oxygen atoms in total. The highest BCUT2D eigenvalue weighted by molar-refractivity contribution is 7.98. The smallest absolute Gasteiger partial charge is 0.257 e. The number of aromatic nitrogens is 1. The fourth-order valence-corrected chi connectivity index (χ4v) is 3.89. The van der Waals surface area contributed by atoms with Crippen LogP contribution in [0.3, 0.4) is 0 Å². The number of thioether (sulfide) groups is 1. The highest BCUT2D eigenvalue weighted by atomic mass is 32.2. The SMILES string of the molecule is CSc1cccc(C(=O)Nc2nc(-c3ccc(Oc4ccccc4)cc3)cs2)c1. The molecule has 144 valence electrons. The van der Waals surface area contributed by atoms with E-state index in [1.165, 1.54) is 11.3 Å². The molecule has 1 amide bonds. The van der Waals surface area contributed by atoms with Crippen molar-refractivity contribution in [3.8, 4) is 22.8 Å². The highest BCUT2D eigenvalue weighted by Gasteiger charge is 2.11. The maximum atomic E-state index is 12.5. The van der Waals surface area contributed by atoms with E-state index >= 15 is 0 Å². The minimum Gasteiger partial charge on any atom is -0.457 e. The molecule has 0 radical (unpaired) electrons. The van der Waals surface area contributed by atoms with Gasteiger partial charge in [0.15, 0.2) is 5.13 Å². The quantitative estimate of drug-likeness (QED) is 0.360. The number of anilines is 1. The summed E-state index contributed by atoms with van der Waals surface area (Å²) in [4.78, 5) is 18.1. The molecule has 0 saturated heterocycles. The molecule has 1 aromatic heterocycles. The van der Waals surface area contributed by atoms with Crippen LogP contribution in [0.4, 0.5) is 5.13 Å². The Morgan fingerprint density at radius 2 is 1.72 bits per heavy atom. The summed E-state index contributed by atoms with van der Waals surface area (Å²) >= 11 is 3.01. The van der Waals surface area contributed by atoms with Crippen LogP contribution in [0.5, 0.6) is 11.5 Å². The third-order valence-corrected chi connectivity index (χ3v) is 5.67. The predicted molar refractivity (Wildman–Crippen MR) is 120 cm³/mol. The molecule has 0 aliphatic heterocycles. The van der Waals surface area contributed by atoms with Gasteiger partial charge >= 0.3 is 0 Å². The van der Waals surface area contributed by atoms with Crippen LogP contribution >= 0.6 is 23.1 Å². The molecular formula is C23H18N2O2S2. The molecule has 0 unspecified atom stereocenters. The Morgan fingerprint density at radius 3 is 2.48 bits per heavy atom. The molecule has 0 fully saturated rings. The number of thiazole rings is 1. The molecule has 0 aliphatic rings. The zero-order chi connectivity index (χ0) is 20.1. The van der Waals surface area contributed by atoms with E-state index in [1.807, 2.05) is 84.4 Å². The van der Waals surface area contributed by atoms with Gasteiger partial charge in [0.2, 0.25) is 0 Å². The van der Waals surface area contributed by atoms with Gasteiger partial charge in [-0.25, -0.2) is 4.98 Å². The molecule has 3 aromatic carbocycles. The van der Waals surface area contributed by atoms with E-state index in [-0.39, 0.29) is 5.91 Å². The van der Waals surface area contributed by atoms with Crippen LogP contribution in [0, 0.1) is 0 Å². The van der Waals surface area contributed by atoms with Gasteiger partial charge in [-0.1, -0.05) is 24.3 Å². The fraction of sp³-hybridized carbons (Fsp3) is 0.0435. The number of carbonyl (C=O) groups is 1. The van der Waals surface area contributed by atoms with Crippen LogP contribution in [-0.4, -0.2) is 17.1 Å². The minimum atomic E-state index is -0.159. The van der Waals surface area contributed by atoms with Gasteiger partial charge in [-0.15, -0.1) is 23.1 Å². The first-order valence-corrected chi connectivity index (χ1v) is 11.1. The van der Waals surface area contributed by atoms with E-state index in [4.69, 9.17) is 4.74 Å². The van der Waals surface area contributed by atoms with E-state index in [9.17, 15) is 4.79 Å². The summed E-state index contributed by atoms with van der Waals surface area (Å²) in [6.07, 6.45) is 1.99. The predicted octanol–water partition coefficient (Wildman–Crippen LogP) is 6.58. The third kappa shape index (κ3) is 4.85. The topological polar surface area (TPSA) is 51.2 Å². The molecule has 4 aromatic rings. The molecule has 4 rings (SSSR count). The number of amides is 1. The lowest BCUT2D eigenvalue weighted by Gasteiger charge is -2.06. The molecular weight excluding hydrogens is 400 g/mol. The van der Waals surface area contributed by atoms with Crippen LogP contribution in [-0.2, 0) is 0 Å². The first-order chi connectivity index (χ1) is 14.2. The summed E-state index contributed by atoms with van der Waals surface area (Å²) in [5.41, 5.74) is 2.40. The second-order valence-electron chi connectivity index (χ2n) is 6.16. The summed E-state index contributed by atoms with van der Waals surface area (Å²) < 4.78 is 5.82. The number of benzene rings is 3. The monoisotopic (exact) mass is 418 g/mol. The van der Waals surface area contributed by atoms with Crippen molar-refractivity contribution in [2.45, 2.75) is 4.90 Å². The molecule has 6 heteroatoms. The van der Waals surface area contributed by atoms with Gasteiger partial charge in [0.1, 0.15) is 11.5 Å². The summed E-state index contributed by atoms with van der Waals surface area (Å²) in [5, 5.41) is 5.38. The number of nitrogens with one attached hydrogen (secondary N) is 1. The number of hydrogen-bond acceptors (Lipinski definition) is 5. The summed E-state index contributed by atoms with van der Waals surface area (Å²) in [5.74, 6) is 1.40. The number of rotatable bonds is 6. The average Bonchev–Trinajstić information content (AvgIpc) is 3.23. The van der Waals surface area contributed by atoms with Crippen molar-refractivity contribution in [2.75, 3.05) is 11.6 Å². The number of carbonyl (C=O) groups excluding carboxylic acids is 1. The van der Waals surface area contributed by atoms with Gasteiger partial charge in [0.25, 0.3) is 5.91 Å². The Balaban J connectivity index is 1.44. The van der Waals surface area contributed by atoms with Crippen molar-refractivity contribution in [3.05, 3.63) is 89.8 Å². The van der Waals surface area contributed by atoms with Crippen molar-refractivity contribution in [2.24, 2.45) is 0 Å². The molecule has 0 saturated carbocycles. The lowest BCUT2D eigenvalue weighted by molar-refractivity contribution is 0.102. The largest absolute Gasteiger partial charge is 0.457 e. The minimum absolute atomic E-state index is 0.159. The van der Waals surface area contributed by atoms with Crippen LogP contribution in [0.2, 0.25) is 0 Å². The van der Waals surface area contributed by atoms with Crippen LogP contribution in [0.25, 0.3) is 11.3 Å². The lowest BCUT2D eigenvalue weighted by Crippen LogP contribution is -2.11. The fourth-order valence-electron chi connectivity index (χ4n) is 2.72. The first-order valence-electron chi connectivity index (χ1n) is 8.95. The van der Waals surface area contributed by atoms with E-state index in [2.05, 4.69) is 10.3 Å². The number of nitrogens with zero attached hydrogens (tertiary/aromatic N) is 1. The maximum absolute atomic E-state index is 12.5. The van der Waals surface area contributed by atoms with Crippen molar-refractivity contribution < 1.29 is 9.53 Å². The second kappa shape index (κ2) is 8.94. The van der Waals surface area contributed by atoms with E-state index in [1.54, 1.807) is 17.8 Å². The third-order valence-electron chi connectivity index (χ3n) is 4.19. The number of hydrogen-bond donors (Lipinski definition) is 1. The molecule has 0 spiro atoms. The van der Waals surface area contributed by atoms with Gasteiger partial charge in [-0.2, -0.15) is 0 Å². The van der Waals surface area contributed by atoms with Crippen LogP contribution in [0.15, 0.2) is 89.1 Å². The molecule has 1 heterocycles. The normalized spacial score (nSPS) is 10.5. The van der Waals surface area contributed by atoms with Crippen molar-refractivity contribution in [1.82, 2.24) is 4.98 Å². The van der Waals surface area contributed by atoms with Gasteiger partial charge in [-0.3, -0.25) is 10.1 Å². The Kier molecular flexibility index (Phi) is 5.93. The molecule has 1 N–H and O–H groups in total. The average molecular weight is 419 g/mol. The van der Waals surface area contributed by atoms with Crippen LogP contribution in [0.1, 0.15) is 10.4 Å². The van der Waals surface area contributed by atoms with Crippen LogP contribution < -0.4 is 10.1 Å². The first kappa shape index (κ1) is 19.2. The van der Waals surface area contributed by atoms with Gasteiger partial charge in [0.05, 0.1) is 5.69 Å². The Hall–Kier alpha value is -3.09. The van der Waals surface area contributed by atoms with E-state index in [0.29, 0.717) is 10.7 Å². The van der Waals surface area contributed by atoms with Crippen molar-refractivity contribution >= 4 is 34.1 Å². The molecule has 29 heavy (non-hydrogen) atoms. The molecule has 0 bridgehead atoms. The van der Waals surface area contributed by atoms with Gasteiger partial charge in [0, 0.05) is 21.4 Å². The second-order valence-corrected chi connectivity index (χ2v) is 7.90. The highest BCUT2D eigenvalue weighted by Crippen LogP contribution is 2.28. The Bertz CT molecular complexity index is 1110. The lowest BCUT2D eigenvalue weighted by atomic mass is 10.2.